The van der Waals surface area contributed by atoms with Crippen molar-refractivity contribution >= 4 is 29.0 Å². The number of nitrogens with zero attached hydrogens (tertiary/aromatic N) is 6. The Morgan fingerprint density at radius 2 is 1.76 bits per heavy atom. The lowest BCUT2D eigenvalue weighted by Gasteiger charge is -2.32. The van der Waals surface area contributed by atoms with Gasteiger partial charge in [0.15, 0.2) is 11.5 Å². The van der Waals surface area contributed by atoms with Crippen LogP contribution in [-0.2, 0) is 4.79 Å². The first kappa shape index (κ1) is 22.1. The fourth-order valence-electron chi connectivity index (χ4n) is 4.76. The molecule has 8 nitrogen and oxygen atoms in total. The molecular formula is C24H30ClN7O. The molecule has 2 aliphatic rings. The van der Waals surface area contributed by atoms with Gasteiger partial charge in [0.1, 0.15) is 5.82 Å². The van der Waals surface area contributed by atoms with Crippen molar-refractivity contribution in [3.63, 3.8) is 0 Å². The van der Waals surface area contributed by atoms with E-state index in [2.05, 4.69) is 25.3 Å². The lowest BCUT2D eigenvalue weighted by molar-refractivity contribution is -0.125. The molecule has 1 aromatic carbocycles. The van der Waals surface area contributed by atoms with Gasteiger partial charge in [0.05, 0.1) is 0 Å². The van der Waals surface area contributed by atoms with Crippen molar-refractivity contribution in [3.8, 4) is 11.4 Å². The molecule has 2 saturated heterocycles. The number of benzene rings is 1. The van der Waals surface area contributed by atoms with Crippen LogP contribution in [0, 0.1) is 5.92 Å². The number of carbonyl (C=O) groups is 1. The predicted molar refractivity (Wildman–Crippen MR) is 129 cm³/mol. The van der Waals surface area contributed by atoms with Crippen LogP contribution in [0.2, 0.25) is 5.02 Å². The Labute approximate surface area is 198 Å². The van der Waals surface area contributed by atoms with Gasteiger partial charge in [-0.15, -0.1) is 15.3 Å². The molecule has 2 fully saturated rings. The summed E-state index contributed by atoms with van der Waals surface area (Å²) in [6, 6.07) is 11.4. The van der Waals surface area contributed by atoms with Crippen LogP contribution in [0.25, 0.3) is 17.0 Å². The summed E-state index contributed by atoms with van der Waals surface area (Å²) in [7, 11) is 0. The Morgan fingerprint density at radius 3 is 2.52 bits per heavy atom. The average molecular weight is 468 g/mol. The van der Waals surface area contributed by atoms with E-state index in [-0.39, 0.29) is 11.8 Å². The number of rotatable bonds is 7. The van der Waals surface area contributed by atoms with Gasteiger partial charge in [0.25, 0.3) is 0 Å². The molecule has 9 heteroatoms. The maximum atomic E-state index is 12.6. The van der Waals surface area contributed by atoms with Crippen LogP contribution >= 0.6 is 11.6 Å². The van der Waals surface area contributed by atoms with Crippen LogP contribution in [0.1, 0.15) is 32.1 Å². The van der Waals surface area contributed by atoms with Gasteiger partial charge in [0.2, 0.25) is 5.91 Å². The number of anilines is 1. The fourth-order valence-corrected chi connectivity index (χ4v) is 4.89. The van der Waals surface area contributed by atoms with Crippen molar-refractivity contribution in [2.75, 3.05) is 44.2 Å². The Hall–Kier alpha value is -2.71. The lowest BCUT2D eigenvalue weighted by Crippen LogP contribution is -2.41. The van der Waals surface area contributed by atoms with Crippen LogP contribution in [0.5, 0.6) is 0 Å². The Kier molecular flexibility index (Phi) is 6.73. The molecule has 0 saturated carbocycles. The van der Waals surface area contributed by atoms with E-state index >= 15 is 0 Å². The first-order valence-corrected chi connectivity index (χ1v) is 12.3. The zero-order chi connectivity index (χ0) is 22.6. The number of amides is 1. The number of hydrogen-bond acceptors (Lipinski definition) is 6. The van der Waals surface area contributed by atoms with E-state index in [1.807, 2.05) is 36.4 Å². The van der Waals surface area contributed by atoms with E-state index in [0.717, 1.165) is 56.8 Å². The first-order valence-electron chi connectivity index (χ1n) is 11.9. The first-order chi connectivity index (χ1) is 16.2. The van der Waals surface area contributed by atoms with E-state index in [0.29, 0.717) is 16.5 Å². The van der Waals surface area contributed by atoms with Crippen LogP contribution in [-0.4, -0.2) is 69.9 Å². The minimum atomic E-state index is 0.0799. The molecular weight excluding hydrogens is 438 g/mol. The maximum absolute atomic E-state index is 12.6. The van der Waals surface area contributed by atoms with E-state index in [1.54, 1.807) is 4.52 Å². The number of fused-ring (bicyclic) bond motifs is 1. The summed E-state index contributed by atoms with van der Waals surface area (Å²) in [6.45, 7) is 5.90. The van der Waals surface area contributed by atoms with Gasteiger partial charge >= 0.3 is 0 Å². The number of piperidine rings is 1. The number of aromatic nitrogens is 4. The Bertz CT molecular complexity index is 1090. The summed E-state index contributed by atoms with van der Waals surface area (Å²) in [5.74, 6) is 1.84. The average Bonchev–Trinajstić information content (AvgIpc) is 3.52. The number of likely N-dealkylation sites (tertiary alicyclic amines) is 1. The number of nitrogens with one attached hydrogen (secondary N) is 1. The van der Waals surface area contributed by atoms with Crippen molar-refractivity contribution < 1.29 is 4.79 Å². The second kappa shape index (κ2) is 10.1. The summed E-state index contributed by atoms with van der Waals surface area (Å²) in [5, 5.41) is 17.2. The molecule has 1 amide bonds. The summed E-state index contributed by atoms with van der Waals surface area (Å²) in [5.41, 5.74) is 1.61. The zero-order valence-electron chi connectivity index (χ0n) is 18.8. The van der Waals surface area contributed by atoms with Gasteiger partial charge in [-0.2, -0.15) is 4.52 Å². The standard InChI is InChI=1S/C24H30ClN7O/c25-20-6-4-18(5-7-20)23-28-27-21-8-9-22(29-32(21)23)31-16-10-19(11-17-31)24(33)26-12-3-15-30-13-1-2-14-30/h4-9,19H,1-3,10-17H2,(H,26,33). The second-order valence-corrected chi connectivity index (χ2v) is 9.38. The van der Waals surface area contributed by atoms with Crippen molar-refractivity contribution in [3.05, 3.63) is 41.4 Å². The van der Waals surface area contributed by atoms with Gasteiger partial charge < -0.3 is 15.1 Å². The molecule has 5 rings (SSSR count). The molecule has 2 aromatic heterocycles. The monoisotopic (exact) mass is 467 g/mol. The van der Waals surface area contributed by atoms with Crippen LogP contribution in [0.15, 0.2) is 36.4 Å². The largest absolute Gasteiger partial charge is 0.356 e. The molecule has 0 atom stereocenters. The maximum Gasteiger partial charge on any atom is 0.223 e. The summed E-state index contributed by atoms with van der Waals surface area (Å²) in [6.07, 6.45) is 5.33. The Morgan fingerprint density at radius 1 is 1.00 bits per heavy atom. The molecule has 4 heterocycles. The predicted octanol–water partition coefficient (Wildman–Crippen LogP) is 3.26. The van der Waals surface area contributed by atoms with Gasteiger partial charge in [-0.05, 0) is 88.1 Å². The summed E-state index contributed by atoms with van der Waals surface area (Å²) in [4.78, 5) is 17.3. The lowest BCUT2D eigenvalue weighted by atomic mass is 9.96. The Balaban J connectivity index is 1.16. The number of halogens is 1. The highest BCUT2D eigenvalue weighted by atomic mass is 35.5. The van der Waals surface area contributed by atoms with Crippen molar-refractivity contribution in [1.82, 2.24) is 30.0 Å². The summed E-state index contributed by atoms with van der Waals surface area (Å²) < 4.78 is 1.78. The van der Waals surface area contributed by atoms with Crippen molar-refractivity contribution in [2.24, 2.45) is 5.92 Å². The molecule has 1 N–H and O–H groups in total. The van der Waals surface area contributed by atoms with Gasteiger partial charge in [0, 0.05) is 36.1 Å². The van der Waals surface area contributed by atoms with E-state index in [4.69, 9.17) is 16.7 Å². The third kappa shape index (κ3) is 5.12. The molecule has 0 aliphatic carbocycles. The summed E-state index contributed by atoms with van der Waals surface area (Å²) >= 11 is 6.02. The van der Waals surface area contributed by atoms with Gasteiger partial charge in [-0.25, -0.2) is 0 Å². The topological polar surface area (TPSA) is 78.7 Å². The van der Waals surface area contributed by atoms with E-state index in [1.165, 1.54) is 25.9 Å². The zero-order valence-corrected chi connectivity index (χ0v) is 19.5. The minimum absolute atomic E-state index is 0.0799. The molecule has 0 bridgehead atoms. The minimum Gasteiger partial charge on any atom is -0.356 e. The molecule has 2 aliphatic heterocycles. The van der Waals surface area contributed by atoms with Crippen LogP contribution in [0.4, 0.5) is 5.82 Å². The van der Waals surface area contributed by atoms with Crippen molar-refractivity contribution in [2.45, 2.75) is 32.1 Å². The van der Waals surface area contributed by atoms with E-state index < -0.39 is 0 Å². The third-order valence-corrected chi connectivity index (χ3v) is 6.94. The fraction of sp³-hybridized carbons (Fsp3) is 0.500. The smallest absolute Gasteiger partial charge is 0.223 e. The molecule has 0 radical (unpaired) electrons. The highest BCUT2D eigenvalue weighted by molar-refractivity contribution is 6.30. The molecule has 33 heavy (non-hydrogen) atoms. The van der Waals surface area contributed by atoms with Gasteiger partial charge in [-0.1, -0.05) is 11.6 Å². The SMILES string of the molecule is O=C(NCCCN1CCCC1)C1CCN(c2ccc3nnc(-c4ccc(Cl)cc4)n3n2)CC1. The third-order valence-electron chi connectivity index (χ3n) is 6.69. The highest BCUT2D eigenvalue weighted by Gasteiger charge is 2.26. The molecule has 0 unspecified atom stereocenters. The van der Waals surface area contributed by atoms with E-state index in [9.17, 15) is 4.79 Å². The normalized spacial score (nSPS) is 17.7. The molecule has 174 valence electrons. The molecule has 0 spiro atoms. The molecule has 3 aromatic rings. The van der Waals surface area contributed by atoms with Crippen LogP contribution < -0.4 is 10.2 Å². The number of hydrogen-bond donors (Lipinski definition) is 1. The van der Waals surface area contributed by atoms with Crippen molar-refractivity contribution in [1.29, 1.82) is 0 Å². The van der Waals surface area contributed by atoms with Gasteiger partial charge in [-0.3, -0.25) is 4.79 Å². The quantitative estimate of drug-likeness (QED) is 0.537. The highest BCUT2D eigenvalue weighted by Crippen LogP contribution is 2.24. The second-order valence-electron chi connectivity index (χ2n) is 8.95. The van der Waals surface area contributed by atoms with Crippen LogP contribution in [0.3, 0.4) is 0 Å². The number of carbonyl (C=O) groups excluding carboxylic acids is 1.